The maximum absolute atomic E-state index is 12.8. The summed E-state index contributed by atoms with van der Waals surface area (Å²) < 4.78 is 4.72. The predicted molar refractivity (Wildman–Crippen MR) is 79.9 cm³/mol. The third-order valence-corrected chi connectivity index (χ3v) is 4.87. The largest absolute Gasteiger partial charge is 0.453 e. The standard InChI is InChI=1S/C15H27N3O3/c1-15(2,12-5-4-6-16-11-12)13(19)17-7-9-18(10-8-17)14(20)21-3/h12,16H,4-11H2,1-3H3. The number of carbonyl (C=O) groups is 2. The molecule has 0 bridgehead atoms. The first-order chi connectivity index (χ1) is 9.96. The second kappa shape index (κ2) is 6.64. The molecule has 0 aliphatic carbocycles. The van der Waals surface area contributed by atoms with Gasteiger partial charge in [0.25, 0.3) is 0 Å². The zero-order valence-electron chi connectivity index (χ0n) is 13.4. The van der Waals surface area contributed by atoms with Gasteiger partial charge in [0.05, 0.1) is 7.11 Å². The summed E-state index contributed by atoms with van der Waals surface area (Å²) >= 11 is 0. The number of hydrogen-bond acceptors (Lipinski definition) is 4. The van der Waals surface area contributed by atoms with Crippen LogP contribution in [0.3, 0.4) is 0 Å². The van der Waals surface area contributed by atoms with Crippen LogP contribution in [0.1, 0.15) is 26.7 Å². The molecule has 0 aromatic carbocycles. The van der Waals surface area contributed by atoms with E-state index in [1.165, 1.54) is 7.11 Å². The van der Waals surface area contributed by atoms with Crippen LogP contribution in [0.5, 0.6) is 0 Å². The Labute approximate surface area is 126 Å². The number of ether oxygens (including phenoxy) is 1. The molecule has 1 N–H and O–H groups in total. The Bertz CT molecular complexity index is 384. The van der Waals surface area contributed by atoms with E-state index in [1.807, 2.05) is 4.90 Å². The van der Waals surface area contributed by atoms with Gasteiger partial charge in [-0.15, -0.1) is 0 Å². The fourth-order valence-corrected chi connectivity index (χ4v) is 3.27. The van der Waals surface area contributed by atoms with E-state index in [2.05, 4.69) is 19.2 Å². The number of nitrogens with one attached hydrogen (secondary N) is 1. The lowest BCUT2D eigenvalue weighted by molar-refractivity contribution is -0.145. The summed E-state index contributed by atoms with van der Waals surface area (Å²) in [7, 11) is 1.39. The minimum atomic E-state index is -0.346. The molecule has 0 radical (unpaired) electrons. The third-order valence-electron chi connectivity index (χ3n) is 4.87. The van der Waals surface area contributed by atoms with Crippen molar-refractivity contribution in [3.63, 3.8) is 0 Å². The van der Waals surface area contributed by atoms with Gasteiger partial charge in [0.2, 0.25) is 5.91 Å². The molecule has 1 atom stereocenters. The van der Waals surface area contributed by atoms with Crippen LogP contribution < -0.4 is 5.32 Å². The summed E-state index contributed by atoms with van der Waals surface area (Å²) in [6, 6.07) is 0. The summed E-state index contributed by atoms with van der Waals surface area (Å²) in [6.45, 7) is 8.38. The Morgan fingerprint density at radius 1 is 1.14 bits per heavy atom. The number of piperazine rings is 1. The lowest BCUT2D eigenvalue weighted by atomic mass is 9.74. The average Bonchev–Trinajstić information content (AvgIpc) is 2.54. The van der Waals surface area contributed by atoms with Crippen molar-refractivity contribution < 1.29 is 14.3 Å². The van der Waals surface area contributed by atoms with Crippen LogP contribution in [0.15, 0.2) is 0 Å². The van der Waals surface area contributed by atoms with Gasteiger partial charge >= 0.3 is 6.09 Å². The third kappa shape index (κ3) is 3.48. The van der Waals surface area contributed by atoms with Crippen molar-refractivity contribution in [3.8, 4) is 0 Å². The highest BCUT2D eigenvalue weighted by molar-refractivity contribution is 5.82. The maximum Gasteiger partial charge on any atom is 0.409 e. The summed E-state index contributed by atoms with van der Waals surface area (Å²) in [5.74, 6) is 0.595. The van der Waals surface area contributed by atoms with Crippen molar-refractivity contribution in [2.24, 2.45) is 11.3 Å². The molecule has 6 heteroatoms. The van der Waals surface area contributed by atoms with Crippen molar-refractivity contribution in [1.29, 1.82) is 0 Å². The second-order valence-electron chi connectivity index (χ2n) is 6.51. The molecule has 0 saturated carbocycles. The van der Waals surface area contributed by atoms with Gasteiger partial charge in [0, 0.05) is 31.6 Å². The van der Waals surface area contributed by atoms with E-state index in [1.54, 1.807) is 4.90 Å². The summed E-state index contributed by atoms with van der Waals surface area (Å²) in [4.78, 5) is 27.9. The zero-order chi connectivity index (χ0) is 15.5. The van der Waals surface area contributed by atoms with Crippen molar-refractivity contribution >= 4 is 12.0 Å². The summed E-state index contributed by atoms with van der Waals surface area (Å²) in [5.41, 5.74) is -0.346. The Kier molecular flexibility index (Phi) is 5.08. The first-order valence-corrected chi connectivity index (χ1v) is 7.80. The van der Waals surface area contributed by atoms with Crippen LogP contribution in [0.2, 0.25) is 0 Å². The molecule has 6 nitrogen and oxygen atoms in total. The van der Waals surface area contributed by atoms with Crippen LogP contribution in [-0.2, 0) is 9.53 Å². The number of rotatable bonds is 2. The fraction of sp³-hybridized carbons (Fsp3) is 0.867. The van der Waals surface area contributed by atoms with Gasteiger partial charge in [0.15, 0.2) is 0 Å². The molecule has 120 valence electrons. The van der Waals surface area contributed by atoms with E-state index in [0.717, 1.165) is 25.9 Å². The van der Waals surface area contributed by atoms with Crippen molar-refractivity contribution in [2.75, 3.05) is 46.4 Å². The first kappa shape index (κ1) is 16.1. The normalized spacial score (nSPS) is 23.9. The van der Waals surface area contributed by atoms with Gasteiger partial charge in [-0.25, -0.2) is 4.79 Å². The Balaban J connectivity index is 1.92. The maximum atomic E-state index is 12.8. The van der Waals surface area contributed by atoms with Crippen LogP contribution in [0.25, 0.3) is 0 Å². The highest BCUT2D eigenvalue weighted by Crippen LogP contribution is 2.34. The quantitative estimate of drug-likeness (QED) is 0.823. The Hall–Kier alpha value is -1.30. The molecule has 0 spiro atoms. The minimum Gasteiger partial charge on any atom is -0.453 e. The van der Waals surface area contributed by atoms with E-state index >= 15 is 0 Å². The van der Waals surface area contributed by atoms with E-state index in [9.17, 15) is 9.59 Å². The highest BCUT2D eigenvalue weighted by atomic mass is 16.5. The van der Waals surface area contributed by atoms with Gasteiger partial charge in [-0.05, 0) is 31.8 Å². The summed E-state index contributed by atoms with van der Waals surface area (Å²) in [5, 5.41) is 3.39. The van der Waals surface area contributed by atoms with Gasteiger partial charge in [-0.3, -0.25) is 4.79 Å². The molecule has 2 aliphatic heterocycles. The average molecular weight is 297 g/mol. The number of amides is 2. The molecule has 0 aromatic heterocycles. The number of carbonyl (C=O) groups excluding carboxylic acids is 2. The lowest BCUT2D eigenvalue weighted by Crippen LogP contribution is -2.55. The molecule has 1 unspecified atom stereocenters. The van der Waals surface area contributed by atoms with Crippen molar-refractivity contribution in [1.82, 2.24) is 15.1 Å². The monoisotopic (exact) mass is 297 g/mol. The van der Waals surface area contributed by atoms with E-state index in [0.29, 0.717) is 32.1 Å². The van der Waals surface area contributed by atoms with Gasteiger partial charge in [-0.1, -0.05) is 13.8 Å². The smallest absolute Gasteiger partial charge is 0.409 e. The number of methoxy groups -OCH3 is 1. The van der Waals surface area contributed by atoms with Crippen molar-refractivity contribution in [3.05, 3.63) is 0 Å². The van der Waals surface area contributed by atoms with Gasteiger partial charge in [-0.2, -0.15) is 0 Å². The first-order valence-electron chi connectivity index (χ1n) is 7.80. The SMILES string of the molecule is COC(=O)N1CCN(C(=O)C(C)(C)C2CCCNC2)CC1. The molecule has 2 saturated heterocycles. The topological polar surface area (TPSA) is 61.9 Å². The number of hydrogen-bond donors (Lipinski definition) is 1. The molecular weight excluding hydrogens is 270 g/mol. The molecule has 2 fully saturated rings. The molecule has 2 rings (SSSR count). The van der Waals surface area contributed by atoms with E-state index in [-0.39, 0.29) is 17.4 Å². The number of nitrogens with zero attached hydrogens (tertiary/aromatic N) is 2. The number of piperidine rings is 1. The van der Waals surface area contributed by atoms with Gasteiger partial charge in [0.1, 0.15) is 0 Å². The highest BCUT2D eigenvalue weighted by Gasteiger charge is 2.40. The Morgan fingerprint density at radius 2 is 1.76 bits per heavy atom. The van der Waals surface area contributed by atoms with Gasteiger partial charge < -0.3 is 19.9 Å². The summed E-state index contributed by atoms with van der Waals surface area (Å²) in [6.07, 6.45) is 1.93. The molecule has 2 amide bonds. The Morgan fingerprint density at radius 3 is 2.29 bits per heavy atom. The van der Waals surface area contributed by atoms with Crippen LogP contribution in [0, 0.1) is 11.3 Å². The molecule has 2 aliphatic rings. The van der Waals surface area contributed by atoms with E-state index in [4.69, 9.17) is 4.74 Å². The fourth-order valence-electron chi connectivity index (χ4n) is 3.27. The van der Waals surface area contributed by atoms with Crippen LogP contribution >= 0.6 is 0 Å². The second-order valence-corrected chi connectivity index (χ2v) is 6.51. The van der Waals surface area contributed by atoms with Crippen LogP contribution in [0.4, 0.5) is 4.79 Å². The van der Waals surface area contributed by atoms with Crippen molar-refractivity contribution in [2.45, 2.75) is 26.7 Å². The van der Waals surface area contributed by atoms with Crippen LogP contribution in [-0.4, -0.2) is 68.2 Å². The molecule has 0 aromatic rings. The molecule has 21 heavy (non-hydrogen) atoms. The van der Waals surface area contributed by atoms with E-state index < -0.39 is 0 Å². The lowest BCUT2D eigenvalue weighted by Gasteiger charge is -2.42. The predicted octanol–water partition coefficient (Wildman–Crippen LogP) is 0.923. The zero-order valence-corrected chi connectivity index (χ0v) is 13.4. The minimum absolute atomic E-state index is 0.209. The molecule has 2 heterocycles. The molecular formula is C15H27N3O3.